The minimum atomic E-state index is -0.233. The molecule has 2 aromatic rings. The molecule has 0 aromatic heterocycles. The van der Waals surface area contributed by atoms with Crippen molar-refractivity contribution in [2.24, 2.45) is 0 Å². The first-order valence-electron chi connectivity index (χ1n) is 8.73. The molecule has 1 N–H and O–H groups in total. The van der Waals surface area contributed by atoms with E-state index in [1.54, 1.807) is 29.2 Å². The van der Waals surface area contributed by atoms with Gasteiger partial charge in [-0.25, -0.2) is 0 Å². The van der Waals surface area contributed by atoms with Gasteiger partial charge in [-0.3, -0.25) is 9.59 Å². The second-order valence-corrected chi connectivity index (χ2v) is 6.45. The quantitative estimate of drug-likeness (QED) is 0.768. The van der Waals surface area contributed by atoms with Crippen LogP contribution in [0.2, 0.25) is 0 Å². The van der Waals surface area contributed by atoms with E-state index in [2.05, 4.69) is 18.0 Å². The van der Waals surface area contributed by atoms with Crippen LogP contribution in [0.25, 0.3) is 0 Å². The highest BCUT2D eigenvalue weighted by atomic mass is 16.2. The number of nitrogens with one attached hydrogen (secondary N) is 1. The van der Waals surface area contributed by atoms with Crippen LogP contribution < -0.4 is 5.32 Å². The van der Waals surface area contributed by atoms with Gasteiger partial charge >= 0.3 is 0 Å². The van der Waals surface area contributed by atoms with Gasteiger partial charge in [0.05, 0.1) is 11.6 Å². The van der Waals surface area contributed by atoms with Gasteiger partial charge in [-0.1, -0.05) is 30.8 Å². The maximum Gasteiger partial charge on any atom is 0.254 e. The molecule has 0 unspecified atom stereocenters. The summed E-state index contributed by atoms with van der Waals surface area (Å²) in [4.78, 5) is 25.9. The molecule has 0 fully saturated rings. The molecule has 0 heterocycles. The van der Waals surface area contributed by atoms with Crippen molar-refractivity contribution < 1.29 is 9.59 Å². The molecule has 0 aliphatic heterocycles. The highest BCUT2D eigenvalue weighted by Crippen LogP contribution is 2.15. The Labute approximate surface area is 159 Å². The summed E-state index contributed by atoms with van der Waals surface area (Å²) in [5.74, 6) is -0.292. The standard InChI is InChI=1S/C22H23N3O2/c1-4-21(26)24-14-18-9-11-20(12-10-18)22(27)25(16(2)3)15-19-7-5-17(13-23)6-8-19/h4-12,16H,1,14-15H2,2-3H3,(H,24,26). The van der Waals surface area contributed by atoms with Crippen LogP contribution >= 0.6 is 0 Å². The average molecular weight is 361 g/mol. The number of amides is 2. The topological polar surface area (TPSA) is 73.2 Å². The van der Waals surface area contributed by atoms with Gasteiger partial charge in [0.25, 0.3) is 5.91 Å². The normalized spacial score (nSPS) is 10.1. The summed E-state index contributed by atoms with van der Waals surface area (Å²) < 4.78 is 0. The van der Waals surface area contributed by atoms with Crippen molar-refractivity contribution in [3.8, 4) is 6.07 Å². The number of nitriles is 1. The van der Waals surface area contributed by atoms with Crippen LogP contribution in [0.4, 0.5) is 0 Å². The number of hydrogen-bond acceptors (Lipinski definition) is 3. The predicted octanol–water partition coefficient (Wildman–Crippen LogP) is 3.41. The maximum atomic E-state index is 12.9. The zero-order valence-electron chi connectivity index (χ0n) is 15.6. The van der Waals surface area contributed by atoms with Crippen molar-refractivity contribution in [1.82, 2.24) is 10.2 Å². The number of rotatable bonds is 7. The summed E-state index contributed by atoms with van der Waals surface area (Å²) in [6.45, 7) is 8.22. The van der Waals surface area contributed by atoms with Crippen LogP contribution in [-0.4, -0.2) is 22.8 Å². The minimum Gasteiger partial charge on any atom is -0.348 e. The molecule has 0 saturated carbocycles. The van der Waals surface area contributed by atoms with Crippen molar-refractivity contribution >= 4 is 11.8 Å². The SMILES string of the molecule is C=CC(=O)NCc1ccc(C(=O)N(Cc2ccc(C#N)cc2)C(C)C)cc1. The summed E-state index contributed by atoms with van der Waals surface area (Å²) in [6.07, 6.45) is 1.22. The molecule has 0 spiro atoms. The molecule has 2 rings (SSSR count). The third-order valence-corrected chi connectivity index (χ3v) is 4.17. The molecular formula is C22H23N3O2. The Bertz CT molecular complexity index is 847. The summed E-state index contributed by atoms with van der Waals surface area (Å²) in [5, 5.41) is 11.6. The van der Waals surface area contributed by atoms with Gasteiger partial charge in [0.1, 0.15) is 0 Å². The zero-order valence-corrected chi connectivity index (χ0v) is 15.6. The molecule has 0 bridgehead atoms. The second-order valence-electron chi connectivity index (χ2n) is 6.45. The first-order valence-corrected chi connectivity index (χ1v) is 8.73. The van der Waals surface area contributed by atoms with Gasteiger partial charge in [0, 0.05) is 24.7 Å². The molecule has 0 aliphatic rings. The van der Waals surface area contributed by atoms with E-state index >= 15 is 0 Å². The summed E-state index contributed by atoms with van der Waals surface area (Å²) in [5.41, 5.74) is 3.07. The molecule has 5 heteroatoms. The van der Waals surface area contributed by atoms with Crippen molar-refractivity contribution in [1.29, 1.82) is 5.26 Å². The van der Waals surface area contributed by atoms with Gasteiger partial charge in [-0.2, -0.15) is 5.26 Å². The maximum absolute atomic E-state index is 12.9. The van der Waals surface area contributed by atoms with E-state index in [0.717, 1.165) is 11.1 Å². The number of nitrogens with zero attached hydrogens (tertiary/aromatic N) is 2. The van der Waals surface area contributed by atoms with Gasteiger partial charge in [-0.15, -0.1) is 0 Å². The number of carbonyl (C=O) groups is 2. The fourth-order valence-electron chi connectivity index (χ4n) is 2.56. The van der Waals surface area contributed by atoms with Gasteiger partial charge in [0.2, 0.25) is 5.91 Å². The van der Waals surface area contributed by atoms with Crippen molar-refractivity contribution in [2.45, 2.75) is 33.0 Å². The second kappa shape index (κ2) is 9.35. The van der Waals surface area contributed by atoms with Crippen molar-refractivity contribution in [3.05, 3.63) is 83.4 Å². The van der Waals surface area contributed by atoms with E-state index in [1.807, 2.05) is 38.1 Å². The predicted molar refractivity (Wildman–Crippen MR) is 105 cm³/mol. The molecule has 0 atom stereocenters. The summed E-state index contributed by atoms with van der Waals surface area (Å²) in [6, 6.07) is 16.6. The van der Waals surface area contributed by atoms with Gasteiger partial charge < -0.3 is 10.2 Å². The third kappa shape index (κ3) is 5.55. The minimum absolute atomic E-state index is 0.0275. The largest absolute Gasteiger partial charge is 0.348 e. The number of hydrogen-bond donors (Lipinski definition) is 1. The first-order chi connectivity index (χ1) is 12.9. The van der Waals surface area contributed by atoms with Crippen LogP contribution in [0.3, 0.4) is 0 Å². The molecule has 138 valence electrons. The summed E-state index contributed by atoms with van der Waals surface area (Å²) >= 11 is 0. The van der Waals surface area contributed by atoms with Crippen LogP contribution in [-0.2, 0) is 17.9 Å². The molecular weight excluding hydrogens is 338 g/mol. The Morgan fingerprint density at radius 2 is 1.70 bits per heavy atom. The Morgan fingerprint density at radius 1 is 1.11 bits per heavy atom. The Balaban J connectivity index is 2.10. The fourth-order valence-corrected chi connectivity index (χ4v) is 2.56. The molecule has 2 amide bonds. The lowest BCUT2D eigenvalue weighted by atomic mass is 10.1. The van der Waals surface area contributed by atoms with E-state index in [-0.39, 0.29) is 17.9 Å². The third-order valence-electron chi connectivity index (χ3n) is 4.17. The average Bonchev–Trinajstić information content (AvgIpc) is 2.70. The molecule has 0 aliphatic carbocycles. The molecule has 0 radical (unpaired) electrons. The van der Waals surface area contributed by atoms with Crippen LogP contribution in [0.15, 0.2) is 61.2 Å². The smallest absolute Gasteiger partial charge is 0.254 e. The lowest BCUT2D eigenvalue weighted by Gasteiger charge is -2.27. The highest BCUT2D eigenvalue weighted by molar-refractivity contribution is 5.94. The molecule has 5 nitrogen and oxygen atoms in total. The molecule has 2 aromatic carbocycles. The lowest BCUT2D eigenvalue weighted by molar-refractivity contribution is -0.116. The van der Waals surface area contributed by atoms with Gasteiger partial charge in [0.15, 0.2) is 0 Å². The van der Waals surface area contributed by atoms with E-state index in [0.29, 0.717) is 24.2 Å². The lowest BCUT2D eigenvalue weighted by Crippen LogP contribution is -2.36. The first kappa shape index (κ1) is 19.9. The zero-order chi connectivity index (χ0) is 19.8. The Kier molecular flexibility index (Phi) is 6.90. The monoisotopic (exact) mass is 361 g/mol. The van der Waals surface area contributed by atoms with E-state index in [1.165, 1.54) is 6.08 Å². The molecule has 0 saturated heterocycles. The van der Waals surface area contributed by atoms with E-state index in [4.69, 9.17) is 5.26 Å². The van der Waals surface area contributed by atoms with Gasteiger partial charge in [-0.05, 0) is 55.3 Å². The van der Waals surface area contributed by atoms with Crippen LogP contribution in [0, 0.1) is 11.3 Å². The summed E-state index contributed by atoms with van der Waals surface area (Å²) in [7, 11) is 0. The number of carbonyl (C=O) groups excluding carboxylic acids is 2. The molecule has 27 heavy (non-hydrogen) atoms. The van der Waals surface area contributed by atoms with Crippen LogP contribution in [0.5, 0.6) is 0 Å². The van der Waals surface area contributed by atoms with Crippen molar-refractivity contribution in [3.63, 3.8) is 0 Å². The highest BCUT2D eigenvalue weighted by Gasteiger charge is 2.19. The number of benzene rings is 2. The van der Waals surface area contributed by atoms with E-state index in [9.17, 15) is 9.59 Å². The van der Waals surface area contributed by atoms with Crippen molar-refractivity contribution in [2.75, 3.05) is 0 Å². The van der Waals surface area contributed by atoms with Crippen LogP contribution in [0.1, 0.15) is 40.9 Å². The fraction of sp³-hybridized carbons (Fsp3) is 0.227. The van der Waals surface area contributed by atoms with E-state index < -0.39 is 0 Å². The Morgan fingerprint density at radius 3 is 2.22 bits per heavy atom. The Hall–Kier alpha value is -3.39.